The fourth-order valence-electron chi connectivity index (χ4n) is 2.40. The van der Waals surface area contributed by atoms with Gasteiger partial charge in [-0.15, -0.1) is 0 Å². The number of esters is 2. The molecule has 0 amide bonds. The molecule has 0 aromatic heterocycles. The summed E-state index contributed by atoms with van der Waals surface area (Å²) in [6, 6.07) is 0. The van der Waals surface area contributed by atoms with E-state index in [4.69, 9.17) is 28.4 Å². The summed E-state index contributed by atoms with van der Waals surface area (Å²) in [5.74, 6) is -0.693. The van der Waals surface area contributed by atoms with Crippen LogP contribution in [0.1, 0.15) is 52.4 Å². The summed E-state index contributed by atoms with van der Waals surface area (Å²) in [6.45, 7) is 6.35. The predicted octanol–water partition coefficient (Wildman–Crippen LogP) is 2.52. The van der Waals surface area contributed by atoms with Gasteiger partial charge in [-0.3, -0.25) is 0 Å². The first-order valence-corrected chi connectivity index (χ1v) is 10.1. The molecule has 8 nitrogen and oxygen atoms in total. The van der Waals surface area contributed by atoms with Crippen LogP contribution in [0.2, 0.25) is 0 Å². The maximum atomic E-state index is 11.6. The van der Waals surface area contributed by atoms with E-state index in [9.17, 15) is 9.59 Å². The Morgan fingerprint density at radius 2 is 1.00 bits per heavy atom. The summed E-state index contributed by atoms with van der Waals surface area (Å²) >= 11 is 0. The number of ether oxygens (including phenoxy) is 6. The molecule has 8 heteroatoms. The van der Waals surface area contributed by atoms with Crippen LogP contribution in [0.25, 0.3) is 0 Å². The Morgan fingerprint density at radius 3 is 1.32 bits per heavy atom. The van der Waals surface area contributed by atoms with Gasteiger partial charge in [-0.05, 0) is 12.8 Å². The van der Waals surface area contributed by atoms with E-state index in [0.717, 1.165) is 25.7 Å². The van der Waals surface area contributed by atoms with Crippen molar-refractivity contribution in [1.29, 1.82) is 0 Å². The van der Waals surface area contributed by atoms with Crippen molar-refractivity contribution in [1.82, 2.24) is 0 Å². The SMILES string of the molecule is CCCCC(OCCOCCOCCOC(CCCC)C(=O)OC)C(=O)OC. The molecule has 0 bridgehead atoms. The van der Waals surface area contributed by atoms with Crippen LogP contribution in [-0.4, -0.2) is 78.0 Å². The Bertz CT molecular complexity index is 352. The third-order valence-electron chi connectivity index (χ3n) is 4.03. The summed E-state index contributed by atoms with van der Waals surface area (Å²) in [7, 11) is 2.72. The fraction of sp³-hybridized carbons (Fsp3) is 0.900. The first-order valence-electron chi connectivity index (χ1n) is 10.1. The second-order valence-corrected chi connectivity index (χ2v) is 6.27. The van der Waals surface area contributed by atoms with Gasteiger partial charge in [-0.25, -0.2) is 9.59 Å². The van der Waals surface area contributed by atoms with E-state index in [2.05, 4.69) is 13.8 Å². The van der Waals surface area contributed by atoms with Gasteiger partial charge < -0.3 is 28.4 Å². The van der Waals surface area contributed by atoms with Gasteiger partial charge >= 0.3 is 11.9 Å². The van der Waals surface area contributed by atoms with Gasteiger partial charge in [0.25, 0.3) is 0 Å². The second-order valence-electron chi connectivity index (χ2n) is 6.27. The van der Waals surface area contributed by atoms with E-state index in [0.29, 0.717) is 52.5 Å². The minimum atomic E-state index is -0.530. The molecule has 0 rings (SSSR count). The molecule has 0 fully saturated rings. The number of carbonyl (C=O) groups is 2. The van der Waals surface area contributed by atoms with Gasteiger partial charge in [0.15, 0.2) is 12.2 Å². The van der Waals surface area contributed by atoms with Crippen molar-refractivity contribution in [2.24, 2.45) is 0 Å². The molecule has 0 aliphatic carbocycles. The molecular formula is C20H38O8. The number of unbranched alkanes of at least 4 members (excludes halogenated alkanes) is 2. The molecular weight excluding hydrogens is 368 g/mol. The van der Waals surface area contributed by atoms with Crippen LogP contribution in [0.15, 0.2) is 0 Å². The summed E-state index contributed by atoms with van der Waals surface area (Å²) in [6.07, 6.45) is 4.04. The molecule has 0 spiro atoms. The number of hydrogen-bond donors (Lipinski definition) is 0. The van der Waals surface area contributed by atoms with E-state index in [1.807, 2.05) is 0 Å². The van der Waals surface area contributed by atoms with E-state index >= 15 is 0 Å². The van der Waals surface area contributed by atoms with Crippen molar-refractivity contribution in [3.63, 3.8) is 0 Å². The maximum Gasteiger partial charge on any atom is 0.334 e. The normalized spacial score (nSPS) is 13.1. The van der Waals surface area contributed by atoms with Crippen LogP contribution in [-0.2, 0) is 38.0 Å². The lowest BCUT2D eigenvalue weighted by Crippen LogP contribution is -2.27. The van der Waals surface area contributed by atoms with Crippen molar-refractivity contribution in [2.45, 2.75) is 64.6 Å². The van der Waals surface area contributed by atoms with Crippen LogP contribution < -0.4 is 0 Å². The summed E-state index contributed by atoms with van der Waals surface area (Å²) in [4.78, 5) is 23.2. The van der Waals surface area contributed by atoms with E-state index < -0.39 is 12.2 Å². The van der Waals surface area contributed by atoms with Crippen molar-refractivity contribution in [3.05, 3.63) is 0 Å². The lowest BCUT2D eigenvalue weighted by molar-refractivity contribution is -0.156. The molecule has 0 saturated heterocycles. The van der Waals surface area contributed by atoms with Crippen LogP contribution in [0, 0.1) is 0 Å². The Hall–Kier alpha value is -1.22. The number of methoxy groups -OCH3 is 2. The molecule has 2 atom stereocenters. The largest absolute Gasteiger partial charge is 0.467 e. The number of rotatable bonds is 19. The monoisotopic (exact) mass is 406 g/mol. The Labute approximate surface area is 169 Å². The molecule has 166 valence electrons. The summed E-state index contributed by atoms with van der Waals surface area (Å²) < 4.78 is 31.4. The third-order valence-corrected chi connectivity index (χ3v) is 4.03. The van der Waals surface area contributed by atoms with Crippen LogP contribution in [0.4, 0.5) is 0 Å². The second kappa shape index (κ2) is 19.1. The zero-order valence-corrected chi connectivity index (χ0v) is 17.9. The molecule has 0 saturated carbocycles. The first-order chi connectivity index (χ1) is 13.6. The van der Waals surface area contributed by atoms with Gasteiger partial charge in [0.05, 0.1) is 53.9 Å². The quantitative estimate of drug-likeness (QED) is 0.239. The van der Waals surface area contributed by atoms with Gasteiger partial charge in [-0.1, -0.05) is 39.5 Å². The smallest absolute Gasteiger partial charge is 0.334 e. The Morgan fingerprint density at radius 1 is 0.643 bits per heavy atom. The average Bonchev–Trinajstić information content (AvgIpc) is 2.72. The van der Waals surface area contributed by atoms with Gasteiger partial charge in [0.2, 0.25) is 0 Å². The zero-order chi connectivity index (χ0) is 21.0. The van der Waals surface area contributed by atoms with Gasteiger partial charge in [0.1, 0.15) is 0 Å². The highest BCUT2D eigenvalue weighted by atomic mass is 16.6. The summed E-state index contributed by atoms with van der Waals surface area (Å²) in [5, 5.41) is 0. The highest BCUT2D eigenvalue weighted by molar-refractivity contribution is 5.74. The maximum absolute atomic E-state index is 11.6. The van der Waals surface area contributed by atoms with Gasteiger partial charge in [0, 0.05) is 0 Å². The van der Waals surface area contributed by atoms with Crippen molar-refractivity contribution < 1.29 is 38.0 Å². The predicted molar refractivity (Wildman–Crippen MR) is 104 cm³/mol. The minimum absolute atomic E-state index is 0.324. The topological polar surface area (TPSA) is 89.5 Å². The Balaban J connectivity index is 3.69. The fourth-order valence-corrected chi connectivity index (χ4v) is 2.40. The van der Waals surface area contributed by atoms with Crippen molar-refractivity contribution in [3.8, 4) is 0 Å². The molecule has 0 heterocycles. The van der Waals surface area contributed by atoms with Crippen LogP contribution in [0.3, 0.4) is 0 Å². The molecule has 0 aliphatic heterocycles. The number of hydrogen-bond acceptors (Lipinski definition) is 8. The zero-order valence-electron chi connectivity index (χ0n) is 17.9. The Kier molecular flexibility index (Phi) is 18.3. The third kappa shape index (κ3) is 13.9. The molecule has 0 aromatic carbocycles. The number of carbonyl (C=O) groups excluding carboxylic acids is 2. The molecule has 0 radical (unpaired) electrons. The van der Waals surface area contributed by atoms with E-state index in [-0.39, 0.29) is 11.9 Å². The van der Waals surface area contributed by atoms with E-state index in [1.165, 1.54) is 14.2 Å². The summed E-state index contributed by atoms with van der Waals surface area (Å²) in [5.41, 5.74) is 0. The lowest BCUT2D eigenvalue weighted by atomic mass is 10.1. The van der Waals surface area contributed by atoms with Crippen LogP contribution in [0.5, 0.6) is 0 Å². The molecule has 0 N–H and O–H groups in total. The molecule has 0 aliphatic rings. The molecule has 28 heavy (non-hydrogen) atoms. The van der Waals surface area contributed by atoms with Crippen molar-refractivity contribution in [2.75, 3.05) is 53.9 Å². The molecule has 2 unspecified atom stereocenters. The van der Waals surface area contributed by atoms with Crippen molar-refractivity contribution >= 4 is 11.9 Å². The highest BCUT2D eigenvalue weighted by Gasteiger charge is 2.19. The van der Waals surface area contributed by atoms with Crippen LogP contribution >= 0.6 is 0 Å². The average molecular weight is 407 g/mol. The van der Waals surface area contributed by atoms with Gasteiger partial charge in [-0.2, -0.15) is 0 Å². The molecule has 0 aromatic rings. The highest BCUT2D eigenvalue weighted by Crippen LogP contribution is 2.07. The standard InChI is InChI=1S/C20H38O8/c1-5-7-9-17(19(21)23-3)27-15-13-25-11-12-26-14-16-28-18(10-8-6-2)20(22)24-4/h17-18H,5-16H2,1-4H3. The minimum Gasteiger partial charge on any atom is -0.467 e. The lowest BCUT2D eigenvalue weighted by Gasteiger charge is -2.16. The van der Waals surface area contributed by atoms with E-state index in [1.54, 1.807) is 0 Å². The first kappa shape index (κ1) is 26.8.